The summed E-state index contributed by atoms with van der Waals surface area (Å²) in [5.74, 6) is 0. The summed E-state index contributed by atoms with van der Waals surface area (Å²) in [6, 6.07) is 0.119. The minimum atomic E-state index is -0.236. The van der Waals surface area contributed by atoms with Gasteiger partial charge in [-0.1, -0.05) is 31.4 Å². The van der Waals surface area contributed by atoms with E-state index in [0.29, 0.717) is 0 Å². The predicted octanol–water partition coefficient (Wildman–Crippen LogP) is 1.88. The normalized spacial score (nSPS) is 14.0. The highest BCUT2D eigenvalue weighted by atomic mass is 16.7. The number of hydrogen-bond donors (Lipinski definition) is 1. The standard InChI is InChI=1S/C12H21NO2/c1-6-8-11(7-2)9-13-10(3)12(14-4)15-5/h6-8,10,12-13H,1-2,9H2,3-5H3/b11-8+. The van der Waals surface area contributed by atoms with Crippen LogP contribution in [0.25, 0.3) is 0 Å². The number of methoxy groups -OCH3 is 2. The Morgan fingerprint density at radius 2 is 1.93 bits per heavy atom. The molecule has 0 aromatic heterocycles. The third-order valence-corrected chi connectivity index (χ3v) is 2.10. The molecule has 0 fully saturated rings. The minimum absolute atomic E-state index is 0.119. The number of hydrogen-bond acceptors (Lipinski definition) is 3. The Kier molecular flexibility index (Phi) is 7.91. The monoisotopic (exact) mass is 211 g/mol. The van der Waals surface area contributed by atoms with E-state index in [1.54, 1.807) is 26.4 Å². The molecule has 3 nitrogen and oxygen atoms in total. The maximum atomic E-state index is 5.14. The molecular weight excluding hydrogens is 190 g/mol. The molecule has 3 heteroatoms. The Morgan fingerprint density at radius 1 is 1.33 bits per heavy atom. The zero-order valence-electron chi connectivity index (χ0n) is 9.82. The van der Waals surface area contributed by atoms with Crippen LogP contribution in [0.5, 0.6) is 0 Å². The molecule has 0 radical (unpaired) electrons. The molecule has 1 N–H and O–H groups in total. The Labute approximate surface area is 92.5 Å². The molecule has 0 heterocycles. The lowest BCUT2D eigenvalue weighted by molar-refractivity contribution is -0.118. The van der Waals surface area contributed by atoms with Crippen molar-refractivity contribution in [3.63, 3.8) is 0 Å². The molecule has 0 bridgehead atoms. The molecule has 0 amide bonds. The van der Waals surface area contributed by atoms with Crippen LogP contribution in [0.2, 0.25) is 0 Å². The number of nitrogens with one attached hydrogen (secondary N) is 1. The van der Waals surface area contributed by atoms with Crippen LogP contribution in [0.3, 0.4) is 0 Å². The van der Waals surface area contributed by atoms with E-state index in [4.69, 9.17) is 9.47 Å². The molecule has 0 saturated carbocycles. The lowest BCUT2D eigenvalue weighted by Gasteiger charge is -2.22. The molecule has 0 aromatic carbocycles. The maximum absolute atomic E-state index is 5.14. The van der Waals surface area contributed by atoms with Crippen LogP contribution >= 0.6 is 0 Å². The van der Waals surface area contributed by atoms with Gasteiger partial charge in [0.25, 0.3) is 0 Å². The molecule has 0 spiro atoms. The molecule has 15 heavy (non-hydrogen) atoms. The van der Waals surface area contributed by atoms with Gasteiger partial charge in [-0.3, -0.25) is 0 Å². The van der Waals surface area contributed by atoms with Gasteiger partial charge >= 0.3 is 0 Å². The van der Waals surface area contributed by atoms with E-state index in [2.05, 4.69) is 18.5 Å². The van der Waals surface area contributed by atoms with E-state index in [9.17, 15) is 0 Å². The molecule has 0 aliphatic rings. The van der Waals surface area contributed by atoms with Crippen molar-refractivity contribution in [1.82, 2.24) is 5.32 Å². The average Bonchev–Trinajstić information content (AvgIpc) is 2.25. The number of rotatable bonds is 8. The van der Waals surface area contributed by atoms with Gasteiger partial charge in [-0.15, -0.1) is 0 Å². The first-order valence-corrected chi connectivity index (χ1v) is 4.92. The van der Waals surface area contributed by atoms with Crippen LogP contribution in [0.1, 0.15) is 6.92 Å². The predicted molar refractivity (Wildman–Crippen MR) is 63.7 cm³/mol. The molecule has 0 rings (SSSR count). The van der Waals surface area contributed by atoms with Crippen LogP contribution < -0.4 is 5.32 Å². The fourth-order valence-electron chi connectivity index (χ4n) is 1.23. The van der Waals surface area contributed by atoms with Crippen molar-refractivity contribution >= 4 is 0 Å². The van der Waals surface area contributed by atoms with E-state index < -0.39 is 0 Å². The van der Waals surface area contributed by atoms with E-state index in [-0.39, 0.29) is 12.3 Å². The Balaban J connectivity index is 4.07. The van der Waals surface area contributed by atoms with Crippen molar-refractivity contribution in [3.05, 3.63) is 37.0 Å². The highest BCUT2D eigenvalue weighted by Crippen LogP contribution is 2.00. The first-order chi connectivity index (χ1) is 7.19. The van der Waals surface area contributed by atoms with Crippen LogP contribution in [-0.4, -0.2) is 33.1 Å². The Morgan fingerprint density at radius 3 is 2.33 bits per heavy atom. The van der Waals surface area contributed by atoms with Crippen molar-refractivity contribution in [1.29, 1.82) is 0 Å². The highest BCUT2D eigenvalue weighted by Gasteiger charge is 2.14. The van der Waals surface area contributed by atoms with E-state index >= 15 is 0 Å². The third kappa shape index (κ3) is 5.52. The summed E-state index contributed by atoms with van der Waals surface area (Å²) in [7, 11) is 3.25. The molecule has 0 saturated heterocycles. The summed E-state index contributed by atoms with van der Waals surface area (Å²) in [5, 5.41) is 3.28. The van der Waals surface area contributed by atoms with Gasteiger partial charge in [-0.2, -0.15) is 0 Å². The fourth-order valence-corrected chi connectivity index (χ4v) is 1.23. The van der Waals surface area contributed by atoms with Gasteiger partial charge in [0.15, 0.2) is 6.29 Å². The van der Waals surface area contributed by atoms with Crippen molar-refractivity contribution in [2.45, 2.75) is 19.3 Å². The molecular formula is C12H21NO2. The van der Waals surface area contributed by atoms with Gasteiger partial charge in [-0.25, -0.2) is 0 Å². The van der Waals surface area contributed by atoms with Crippen molar-refractivity contribution in [2.24, 2.45) is 0 Å². The second kappa shape index (κ2) is 8.41. The summed E-state index contributed by atoms with van der Waals surface area (Å²) in [5.41, 5.74) is 1.09. The van der Waals surface area contributed by atoms with Gasteiger partial charge in [-0.05, 0) is 12.5 Å². The lowest BCUT2D eigenvalue weighted by Crippen LogP contribution is -2.40. The summed E-state index contributed by atoms with van der Waals surface area (Å²) in [4.78, 5) is 0. The van der Waals surface area contributed by atoms with Crippen LogP contribution in [0, 0.1) is 0 Å². The topological polar surface area (TPSA) is 30.5 Å². The Bertz CT molecular complexity index is 220. The lowest BCUT2D eigenvalue weighted by atomic mass is 10.2. The quantitative estimate of drug-likeness (QED) is 0.491. The summed E-state index contributed by atoms with van der Waals surface area (Å²) < 4.78 is 10.3. The van der Waals surface area contributed by atoms with Gasteiger partial charge in [0.05, 0.1) is 6.04 Å². The SMILES string of the molecule is C=C/C=C(\C=C)CNC(C)C(OC)OC. The maximum Gasteiger partial charge on any atom is 0.171 e. The zero-order valence-corrected chi connectivity index (χ0v) is 9.82. The van der Waals surface area contributed by atoms with Crippen molar-refractivity contribution < 1.29 is 9.47 Å². The molecule has 0 aromatic rings. The number of allylic oxidation sites excluding steroid dienone is 2. The van der Waals surface area contributed by atoms with Gasteiger partial charge in [0.1, 0.15) is 0 Å². The van der Waals surface area contributed by atoms with Crippen molar-refractivity contribution in [2.75, 3.05) is 20.8 Å². The van der Waals surface area contributed by atoms with E-state index in [1.807, 2.05) is 13.0 Å². The molecule has 0 aliphatic carbocycles. The second-order valence-electron chi connectivity index (χ2n) is 3.19. The molecule has 0 aliphatic heterocycles. The van der Waals surface area contributed by atoms with Gasteiger partial charge in [0, 0.05) is 20.8 Å². The van der Waals surface area contributed by atoms with E-state index in [0.717, 1.165) is 12.1 Å². The first kappa shape index (κ1) is 14.1. The van der Waals surface area contributed by atoms with Gasteiger partial charge in [0.2, 0.25) is 0 Å². The Hall–Kier alpha value is -0.900. The third-order valence-electron chi connectivity index (χ3n) is 2.10. The van der Waals surface area contributed by atoms with Crippen LogP contribution in [0.4, 0.5) is 0 Å². The number of ether oxygens (including phenoxy) is 2. The largest absolute Gasteiger partial charge is 0.354 e. The fraction of sp³-hybridized carbons (Fsp3) is 0.500. The smallest absolute Gasteiger partial charge is 0.171 e. The van der Waals surface area contributed by atoms with Crippen molar-refractivity contribution in [3.8, 4) is 0 Å². The van der Waals surface area contributed by atoms with E-state index in [1.165, 1.54) is 0 Å². The summed E-state index contributed by atoms with van der Waals surface area (Å²) in [6.45, 7) is 10.1. The highest BCUT2D eigenvalue weighted by molar-refractivity contribution is 5.22. The second-order valence-corrected chi connectivity index (χ2v) is 3.19. The summed E-state index contributed by atoms with van der Waals surface area (Å²) in [6.07, 6.45) is 5.23. The first-order valence-electron chi connectivity index (χ1n) is 4.92. The molecule has 1 unspecified atom stereocenters. The average molecular weight is 211 g/mol. The minimum Gasteiger partial charge on any atom is -0.354 e. The van der Waals surface area contributed by atoms with Gasteiger partial charge < -0.3 is 14.8 Å². The summed E-state index contributed by atoms with van der Waals surface area (Å²) >= 11 is 0. The molecule has 1 atom stereocenters. The zero-order chi connectivity index (χ0) is 11.7. The van der Waals surface area contributed by atoms with Crippen LogP contribution in [0.15, 0.2) is 37.0 Å². The van der Waals surface area contributed by atoms with Crippen LogP contribution in [-0.2, 0) is 9.47 Å². The molecule has 86 valence electrons.